The number of carbonyl (C=O) groups is 1. The van der Waals surface area contributed by atoms with Crippen LogP contribution < -0.4 is 0 Å². The fourth-order valence-electron chi connectivity index (χ4n) is 2.92. The quantitative estimate of drug-likeness (QED) is 0.798. The van der Waals surface area contributed by atoms with Crippen molar-refractivity contribution < 1.29 is 9.90 Å². The minimum Gasteiger partial charge on any atom is -0.477 e. The van der Waals surface area contributed by atoms with E-state index in [0.29, 0.717) is 5.65 Å². The fourth-order valence-corrected chi connectivity index (χ4v) is 2.92. The topological polar surface area (TPSA) is 67.5 Å². The van der Waals surface area contributed by atoms with Crippen LogP contribution in [0.25, 0.3) is 16.8 Å². The van der Waals surface area contributed by atoms with E-state index in [-0.39, 0.29) is 11.6 Å². The highest BCUT2D eigenvalue weighted by molar-refractivity contribution is 5.88. The molecule has 0 fully saturated rings. The molecule has 0 unspecified atom stereocenters. The average molecular weight is 309 g/mol. The maximum Gasteiger partial charge on any atom is 0.354 e. The summed E-state index contributed by atoms with van der Waals surface area (Å²) in [6.07, 6.45) is 1.77. The molecule has 0 aliphatic heterocycles. The highest BCUT2D eigenvalue weighted by Gasteiger charge is 2.19. The lowest BCUT2D eigenvalue weighted by Crippen LogP contribution is -2.09. The van der Waals surface area contributed by atoms with Crippen molar-refractivity contribution in [2.75, 3.05) is 0 Å². The lowest BCUT2D eigenvalue weighted by molar-refractivity contribution is 0.0690. The van der Waals surface area contributed by atoms with Gasteiger partial charge in [-0.15, -0.1) is 0 Å². The number of aryl methyl sites for hydroxylation is 2. The smallest absolute Gasteiger partial charge is 0.354 e. The number of nitrogens with zero attached hydrogens (tertiary/aromatic N) is 3. The normalized spacial score (nSPS) is 11.3. The van der Waals surface area contributed by atoms with Crippen molar-refractivity contribution >= 4 is 11.6 Å². The molecule has 0 atom stereocenters. The summed E-state index contributed by atoms with van der Waals surface area (Å²) in [5.74, 6) is -0.882. The second-order valence-corrected chi connectivity index (χ2v) is 6.09. The molecule has 0 spiro atoms. The molecular formula is C18H19N3O2. The molecule has 3 rings (SSSR count). The Morgan fingerprint density at radius 2 is 1.87 bits per heavy atom. The molecule has 0 bridgehead atoms. The van der Waals surface area contributed by atoms with Crippen LogP contribution in [0.4, 0.5) is 0 Å². The summed E-state index contributed by atoms with van der Waals surface area (Å²) in [6, 6.07) is 7.68. The van der Waals surface area contributed by atoms with E-state index < -0.39 is 5.97 Å². The molecule has 0 saturated carbocycles. The zero-order valence-electron chi connectivity index (χ0n) is 13.7. The summed E-state index contributed by atoms with van der Waals surface area (Å²) in [4.78, 5) is 15.8. The second kappa shape index (κ2) is 5.50. The zero-order chi connectivity index (χ0) is 16.7. The molecule has 2 heterocycles. The van der Waals surface area contributed by atoms with Crippen molar-refractivity contribution in [2.24, 2.45) is 0 Å². The Bertz CT molecular complexity index is 890. The predicted molar refractivity (Wildman–Crippen MR) is 88.9 cm³/mol. The third kappa shape index (κ3) is 2.48. The van der Waals surface area contributed by atoms with Crippen molar-refractivity contribution in [1.82, 2.24) is 14.6 Å². The van der Waals surface area contributed by atoms with E-state index >= 15 is 0 Å². The van der Waals surface area contributed by atoms with Crippen LogP contribution >= 0.6 is 0 Å². The van der Waals surface area contributed by atoms with Crippen LogP contribution in [-0.2, 0) is 0 Å². The van der Waals surface area contributed by atoms with Crippen molar-refractivity contribution in [3.63, 3.8) is 0 Å². The summed E-state index contributed by atoms with van der Waals surface area (Å²) in [5, 5.41) is 13.8. The van der Waals surface area contributed by atoms with Gasteiger partial charge in [-0.3, -0.25) is 0 Å². The third-order valence-corrected chi connectivity index (χ3v) is 4.06. The van der Waals surface area contributed by atoms with Gasteiger partial charge in [0.2, 0.25) is 0 Å². The SMILES string of the molecule is Cc1cccc(C)c1-c1cnn2c(C(C)C)cc(C(=O)O)nc12. The van der Waals surface area contributed by atoms with Gasteiger partial charge in [0, 0.05) is 11.3 Å². The monoisotopic (exact) mass is 309 g/mol. The molecule has 5 heteroatoms. The van der Waals surface area contributed by atoms with E-state index in [2.05, 4.69) is 10.1 Å². The summed E-state index contributed by atoms with van der Waals surface area (Å²) >= 11 is 0. The standard InChI is InChI=1S/C18H19N3O2/c1-10(2)15-8-14(18(22)23)20-17-13(9-19-21(15)17)16-11(3)6-5-7-12(16)4/h5-10H,1-4H3,(H,22,23). The highest BCUT2D eigenvalue weighted by atomic mass is 16.4. The Morgan fingerprint density at radius 3 is 2.43 bits per heavy atom. The van der Waals surface area contributed by atoms with Crippen LogP contribution in [0.1, 0.15) is 47.1 Å². The molecule has 5 nitrogen and oxygen atoms in total. The van der Waals surface area contributed by atoms with Gasteiger partial charge in [0.25, 0.3) is 0 Å². The van der Waals surface area contributed by atoms with E-state index in [1.54, 1.807) is 16.8 Å². The van der Waals surface area contributed by atoms with Gasteiger partial charge in [-0.25, -0.2) is 14.3 Å². The average Bonchev–Trinajstić information content (AvgIpc) is 2.89. The lowest BCUT2D eigenvalue weighted by Gasteiger charge is -2.11. The first-order chi connectivity index (χ1) is 10.9. The molecule has 1 aromatic carbocycles. The van der Waals surface area contributed by atoms with E-state index in [9.17, 15) is 9.90 Å². The largest absolute Gasteiger partial charge is 0.477 e. The summed E-state index contributed by atoms with van der Waals surface area (Å²) in [5.41, 5.74) is 5.64. The molecule has 0 saturated heterocycles. The van der Waals surface area contributed by atoms with Gasteiger partial charge in [0.15, 0.2) is 11.3 Å². The first-order valence-corrected chi connectivity index (χ1v) is 7.58. The van der Waals surface area contributed by atoms with E-state index in [1.807, 2.05) is 45.9 Å². The van der Waals surface area contributed by atoms with Crippen LogP contribution in [0.3, 0.4) is 0 Å². The van der Waals surface area contributed by atoms with Crippen LogP contribution in [0.2, 0.25) is 0 Å². The van der Waals surface area contributed by atoms with E-state index in [0.717, 1.165) is 27.9 Å². The molecule has 1 N–H and O–H groups in total. The first-order valence-electron chi connectivity index (χ1n) is 7.58. The second-order valence-electron chi connectivity index (χ2n) is 6.09. The Balaban J connectivity index is 2.38. The predicted octanol–water partition coefficient (Wildman–Crippen LogP) is 3.83. The number of rotatable bonds is 3. The Kier molecular flexibility index (Phi) is 3.64. The number of carboxylic acids is 1. The summed E-state index contributed by atoms with van der Waals surface area (Å²) in [6.45, 7) is 8.11. The number of aromatic carboxylic acids is 1. The van der Waals surface area contributed by atoms with Crippen molar-refractivity contribution in [3.8, 4) is 11.1 Å². The maximum atomic E-state index is 11.4. The summed E-state index contributed by atoms with van der Waals surface area (Å²) in [7, 11) is 0. The number of carboxylic acid groups (broad SMARTS) is 1. The molecule has 3 aromatic rings. The van der Waals surface area contributed by atoms with E-state index in [4.69, 9.17) is 0 Å². The molecule has 0 aliphatic carbocycles. The molecule has 0 radical (unpaired) electrons. The Morgan fingerprint density at radius 1 is 1.22 bits per heavy atom. The highest BCUT2D eigenvalue weighted by Crippen LogP contribution is 2.31. The minimum absolute atomic E-state index is 0.0502. The van der Waals surface area contributed by atoms with Gasteiger partial charge < -0.3 is 5.11 Å². The van der Waals surface area contributed by atoms with Crippen molar-refractivity contribution in [3.05, 3.63) is 53.0 Å². The third-order valence-electron chi connectivity index (χ3n) is 4.06. The van der Waals surface area contributed by atoms with Crippen molar-refractivity contribution in [1.29, 1.82) is 0 Å². The van der Waals surface area contributed by atoms with Gasteiger partial charge in [-0.1, -0.05) is 32.0 Å². The number of aromatic nitrogens is 3. The summed E-state index contributed by atoms with van der Waals surface area (Å²) < 4.78 is 1.75. The van der Waals surface area contributed by atoms with Crippen LogP contribution in [0.15, 0.2) is 30.5 Å². The van der Waals surface area contributed by atoms with Crippen molar-refractivity contribution in [2.45, 2.75) is 33.6 Å². The van der Waals surface area contributed by atoms with Gasteiger partial charge in [-0.2, -0.15) is 5.10 Å². The molecule has 0 aliphatic rings. The van der Waals surface area contributed by atoms with Gasteiger partial charge in [-0.05, 0) is 42.5 Å². The molecular weight excluding hydrogens is 290 g/mol. The number of hydrogen-bond donors (Lipinski definition) is 1. The number of benzene rings is 1. The molecule has 23 heavy (non-hydrogen) atoms. The molecule has 0 amide bonds. The fraction of sp³-hybridized carbons (Fsp3) is 0.278. The van der Waals surface area contributed by atoms with Gasteiger partial charge >= 0.3 is 5.97 Å². The number of fused-ring (bicyclic) bond motifs is 1. The molecule has 2 aromatic heterocycles. The van der Waals surface area contributed by atoms with Crippen LogP contribution in [-0.4, -0.2) is 25.7 Å². The number of hydrogen-bond acceptors (Lipinski definition) is 3. The maximum absolute atomic E-state index is 11.4. The first kappa shape index (κ1) is 15.2. The lowest BCUT2D eigenvalue weighted by atomic mass is 9.98. The Hall–Kier alpha value is -2.69. The van der Waals surface area contributed by atoms with Gasteiger partial charge in [0.1, 0.15) is 0 Å². The molecule has 118 valence electrons. The zero-order valence-corrected chi connectivity index (χ0v) is 13.7. The van der Waals surface area contributed by atoms with Crippen LogP contribution in [0.5, 0.6) is 0 Å². The minimum atomic E-state index is -1.02. The Labute approximate surface area is 134 Å². The van der Waals surface area contributed by atoms with Crippen LogP contribution in [0, 0.1) is 13.8 Å². The van der Waals surface area contributed by atoms with E-state index in [1.165, 1.54) is 0 Å². The van der Waals surface area contributed by atoms with Gasteiger partial charge in [0.05, 0.1) is 6.20 Å².